The van der Waals surface area contributed by atoms with E-state index in [1.54, 1.807) is 29.1 Å². The molecule has 0 atom stereocenters. The van der Waals surface area contributed by atoms with Crippen LogP contribution in [0.1, 0.15) is 210 Å². The van der Waals surface area contributed by atoms with Gasteiger partial charge in [-0.2, -0.15) is 9.47 Å². The molecule has 0 spiro atoms. The number of fused-ring (bicyclic) bond motifs is 8. The largest absolute Gasteiger partial charge is 0.460 e. The summed E-state index contributed by atoms with van der Waals surface area (Å²) in [5, 5.41) is 18.7. The molecule has 0 unspecified atom stereocenters. The van der Waals surface area contributed by atoms with E-state index in [9.17, 15) is 0 Å². The van der Waals surface area contributed by atoms with Gasteiger partial charge in [-0.05, 0) is 102 Å². The number of thiazole rings is 1. The van der Waals surface area contributed by atoms with Crippen LogP contribution in [0.15, 0.2) is 208 Å². The number of imidazole rings is 1. The van der Waals surface area contributed by atoms with Gasteiger partial charge in [-0.1, -0.05) is 249 Å². The number of oxazole rings is 1. The van der Waals surface area contributed by atoms with E-state index in [0.717, 1.165) is 78.3 Å². The molecule has 10 heterocycles. The highest BCUT2D eigenvalue weighted by Gasteiger charge is 2.25. The molecule has 6 aromatic carbocycles. The number of H-pyrrole nitrogens is 2. The Bertz CT molecular complexity index is 4620. The summed E-state index contributed by atoms with van der Waals surface area (Å²) < 4.78 is 25.0. The smallest absolute Gasteiger partial charge is 0.200 e. The van der Waals surface area contributed by atoms with Gasteiger partial charge < -0.3 is 18.3 Å². The number of hydrogen-bond donors (Lipinski definition) is 2. The number of aromatic nitrogens is 10. The SMILES string of the molecule is CC(C)(C)c1[nH]nc2ccccc12.CC(C)(C)c1cc2cnccc2o1.CC(C)(C)c1cc2cnccc2s1.CC(C)(C)c1nc2ccccc2[nH]1.CC(C)(C)c1nc2ccccc2o1.CC(C)(C)c1noc2ccccc12.CC(C)(C)c1nsc2ccccc12.CC(C)c1nc2ccccc2s1. The number of aromatic amines is 2. The highest BCUT2D eigenvalue weighted by molar-refractivity contribution is 7.19. The van der Waals surface area contributed by atoms with Crippen LogP contribution in [0.5, 0.6) is 0 Å². The number of benzene rings is 6. The van der Waals surface area contributed by atoms with Crippen molar-refractivity contribution in [2.75, 3.05) is 0 Å². The average Bonchev–Trinajstić information content (AvgIpc) is 1.69. The lowest BCUT2D eigenvalue weighted by atomic mass is 9.90. The molecule has 13 nitrogen and oxygen atoms in total. The number of hydrogen-bond acceptors (Lipinski definition) is 14. The Morgan fingerprint density at radius 1 is 0.408 bits per heavy atom. The molecule has 0 aliphatic carbocycles. The third-order valence-electron chi connectivity index (χ3n) is 16.3. The number of rotatable bonds is 1. The molecule has 2 N–H and O–H groups in total. The highest BCUT2D eigenvalue weighted by atomic mass is 32.1. The molecule has 16 aromatic rings. The Morgan fingerprint density at radius 2 is 0.971 bits per heavy atom. The van der Waals surface area contributed by atoms with Crippen LogP contribution in [-0.2, 0) is 37.9 Å². The van der Waals surface area contributed by atoms with E-state index in [0.29, 0.717) is 5.92 Å². The molecular formula is C87H104N10O3S3. The minimum atomic E-state index is -0.0149. The van der Waals surface area contributed by atoms with Crippen molar-refractivity contribution in [1.82, 2.24) is 49.6 Å². The quantitative estimate of drug-likeness (QED) is 0.160. The van der Waals surface area contributed by atoms with Gasteiger partial charge in [0.25, 0.3) is 0 Å². The lowest BCUT2D eigenvalue weighted by molar-refractivity contribution is 0.411. The van der Waals surface area contributed by atoms with Gasteiger partial charge in [-0.3, -0.25) is 15.1 Å². The van der Waals surface area contributed by atoms with E-state index < -0.39 is 0 Å². The summed E-state index contributed by atoms with van der Waals surface area (Å²) in [6, 6.07) is 57.1. The van der Waals surface area contributed by atoms with Crippen molar-refractivity contribution in [2.45, 2.75) is 203 Å². The maximum absolute atomic E-state index is 5.69. The first-order valence-electron chi connectivity index (χ1n) is 35.3. The van der Waals surface area contributed by atoms with E-state index >= 15 is 0 Å². The van der Waals surface area contributed by atoms with Crippen LogP contribution in [0.2, 0.25) is 0 Å². The van der Waals surface area contributed by atoms with Crippen molar-refractivity contribution in [3.63, 3.8) is 0 Å². The molecular weight excluding hydrogens is 1330 g/mol. The summed E-state index contributed by atoms with van der Waals surface area (Å²) in [6.07, 6.45) is 7.36. The van der Waals surface area contributed by atoms with Crippen molar-refractivity contribution in [3.8, 4) is 0 Å². The topological polar surface area (TPSA) is 174 Å². The number of thiophene rings is 1. The molecule has 538 valence electrons. The summed E-state index contributed by atoms with van der Waals surface area (Å²) in [7, 11) is 0. The fourth-order valence-electron chi connectivity index (χ4n) is 10.5. The zero-order chi connectivity index (χ0) is 74.9. The third kappa shape index (κ3) is 20.8. The van der Waals surface area contributed by atoms with Crippen LogP contribution in [0.3, 0.4) is 0 Å². The van der Waals surface area contributed by atoms with Gasteiger partial charge in [-0.25, -0.2) is 15.0 Å². The number of nitrogens with zero attached hydrogens (tertiary/aromatic N) is 8. The van der Waals surface area contributed by atoms with Crippen LogP contribution < -0.4 is 0 Å². The van der Waals surface area contributed by atoms with Gasteiger partial charge in [0.05, 0.1) is 47.9 Å². The summed E-state index contributed by atoms with van der Waals surface area (Å²) in [5.41, 5.74) is 12.1. The van der Waals surface area contributed by atoms with Crippen LogP contribution in [0, 0.1) is 0 Å². The molecule has 0 bridgehead atoms. The van der Waals surface area contributed by atoms with E-state index in [-0.39, 0.29) is 37.9 Å². The molecule has 103 heavy (non-hydrogen) atoms. The van der Waals surface area contributed by atoms with Crippen LogP contribution in [-0.4, -0.2) is 49.6 Å². The number of nitrogens with one attached hydrogen (secondary N) is 2. The second kappa shape index (κ2) is 32.2. The minimum absolute atomic E-state index is 0.0149. The van der Waals surface area contributed by atoms with Crippen LogP contribution >= 0.6 is 34.2 Å². The molecule has 0 saturated heterocycles. The standard InChI is InChI=1S/2C11H14N2.3C11H13NO.2C11H13NS.C10H11NS/c1-11(2,3)10-12-8-6-4-5-7-9(8)13-10;1-11(2,3)10-8-6-4-5-7-9(8)12-13-10;1-11(2,3)10-6-8-7-12-5-4-9(8)13-10;1-11(2,3)10-12-8-6-4-5-7-9(8)13-10;1-11(2,3)10-8-6-4-5-7-9(8)13-12-10;1-11(2,3)10-6-8-7-12-5-4-9(8)13-10;1-11(2,3)10-8-6-4-5-7-9(8)13-12-10;1-7(2)10-11-8-5-3-4-6-9(8)12-10/h2*4-7H,1-3H3,(H,12,13);5*4-7H,1-3H3;3-7H,1-2H3. The monoisotopic (exact) mass is 1430 g/mol. The van der Waals surface area contributed by atoms with Crippen molar-refractivity contribution in [3.05, 3.63) is 239 Å². The number of para-hydroxylation sites is 7. The van der Waals surface area contributed by atoms with Gasteiger partial charge in [0.2, 0.25) is 5.89 Å². The summed E-state index contributed by atoms with van der Waals surface area (Å²) in [6.45, 7) is 49.8. The molecule has 16 heteroatoms. The van der Waals surface area contributed by atoms with E-state index in [4.69, 9.17) is 13.4 Å². The first kappa shape index (κ1) is 77.9. The average molecular weight is 1430 g/mol. The van der Waals surface area contributed by atoms with Crippen LogP contribution in [0.25, 0.3) is 85.4 Å². The van der Waals surface area contributed by atoms with Crippen molar-refractivity contribution in [2.24, 2.45) is 0 Å². The Morgan fingerprint density at radius 3 is 1.54 bits per heavy atom. The zero-order valence-electron chi connectivity index (χ0n) is 64.6. The molecule has 0 aliphatic heterocycles. The summed E-state index contributed by atoms with van der Waals surface area (Å²) in [5.74, 6) is 3.40. The highest BCUT2D eigenvalue weighted by Crippen LogP contribution is 2.36. The molecule has 0 radical (unpaired) electrons. The second-order valence-corrected chi connectivity index (χ2v) is 36.2. The number of furan rings is 1. The van der Waals surface area contributed by atoms with Crippen LogP contribution in [0.4, 0.5) is 0 Å². The summed E-state index contributed by atoms with van der Waals surface area (Å²) >= 11 is 5.25. The van der Waals surface area contributed by atoms with Gasteiger partial charge in [0.15, 0.2) is 11.2 Å². The van der Waals surface area contributed by atoms with Gasteiger partial charge in [0, 0.05) is 105 Å². The first-order valence-corrected chi connectivity index (χ1v) is 37.7. The van der Waals surface area contributed by atoms with Crippen molar-refractivity contribution < 1.29 is 13.4 Å². The minimum Gasteiger partial charge on any atom is -0.460 e. The lowest BCUT2D eigenvalue weighted by Crippen LogP contribution is -2.12. The maximum atomic E-state index is 5.69. The van der Waals surface area contributed by atoms with Gasteiger partial charge >= 0.3 is 0 Å². The second-order valence-electron chi connectivity index (χ2n) is 33.2. The fraction of sp³-hybridized carbons (Fsp3) is 0.356. The number of pyridine rings is 2. The maximum Gasteiger partial charge on any atom is 0.200 e. The molecule has 0 amide bonds. The van der Waals surface area contributed by atoms with Crippen molar-refractivity contribution >= 4 is 120 Å². The predicted molar refractivity (Wildman–Crippen MR) is 438 cm³/mol. The van der Waals surface area contributed by atoms with Gasteiger partial charge in [-0.15, -0.1) is 22.7 Å². The van der Waals surface area contributed by atoms with E-state index in [2.05, 4.69) is 282 Å². The Kier molecular flexibility index (Phi) is 24.4. The Balaban J connectivity index is 0.000000137. The third-order valence-corrected chi connectivity index (χ3v) is 20.0. The Labute approximate surface area is 620 Å². The first-order chi connectivity index (χ1) is 48.3. The van der Waals surface area contributed by atoms with Gasteiger partial charge in [0.1, 0.15) is 22.7 Å². The molecule has 10 aromatic heterocycles. The Hall–Kier alpha value is -9.22. The molecule has 0 aliphatic rings. The predicted octanol–water partition coefficient (Wildman–Crippen LogP) is 25.7. The van der Waals surface area contributed by atoms with Crippen molar-refractivity contribution in [1.29, 1.82) is 0 Å². The van der Waals surface area contributed by atoms with E-state index in [1.807, 2.05) is 127 Å². The van der Waals surface area contributed by atoms with E-state index in [1.165, 1.54) is 51.5 Å². The fourth-order valence-corrected chi connectivity index (χ4v) is 13.6. The molecule has 0 fully saturated rings. The normalized spacial score (nSPS) is 12.1. The molecule has 0 saturated carbocycles. The molecule has 16 rings (SSSR count). The summed E-state index contributed by atoms with van der Waals surface area (Å²) in [4.78, 5) is 26.4. The zero-order valence-corrected chi connectivity index (χ0v) is 67.0. The lowest BCUT2D eigenvalue weighted by Gasteiger charge is -2.16.